The molecule has 0 bridgehead atoms. The summed E-state index contributed by atoms with van der Waals surface area (Å²) in [7, 11) is 0. The summed E-state index contributed by atoms with van der Waals surface area (Å²) >= 11 is 0. The first-order valence-corrected chi connectivity index (χ1v) is 6.95. The summed E-state index contributed by atoms with van der Waals surface area (Å²) in [6, 6.07) is 9.86. The number of hydrogen-bond acceptors (Lipinski definition) is 3. The summed E-state index contributed by atoms with van der Waals surface area (Å²) in [4.78, 5) is 11.3. The minimum absolute atomic E-state index is 0.187. The molecule has 0 fully saturated rings. The van der Waals surface area contributed by atoms with Crippen LogP contribution in [-0.4, -0.2) is 20.9 Å². The Balaban J connectivity index is 2.07. The maximum atomic E-state index is 11.3. The zero-order valence-corrected chi connectivity index (χ0v) is 12.0. The third-order valence-corrected chi connectivity index (χ3v) is 3.67. The molecule has 1 aromatic heterocycles. The summed E-state index contributed by atoms with van der Waals surface area (Å²) in [5, 5.41) is 16.6. The number of carboxylic acid groups (broad SMARTS) is 1. The number of hydrogen-bond donors (Lipinski definition) is 2. The van der Waals surface area contributed by atoms with E-state index in [9.17, 15) is 9.90 Å². The Hall–Kier alpha value is -2.56. The molecule has 1 aliphatic heterocycles. The summed E-state index contributed by atoms with van der Waals surface area (Å²) in [5.41, 5.74) is 3.32. The lowest BCUT2D eigenvalue weighted by Crippen LogP contribution is -2.23. The molecule has 5 heteroatoms. The molecule has 0 amide bonds. The molecular formula is C16H17N3O2. The first-order valence-electron chi connectivity index (χ1n) is 6.95. The first-order chi connectivity index (χ1) is 10.1. The molecule has 21 heavy (non-hydrogen) atoms. The predicted octanol–water partition coefficient (Wildman–Crippen LogP) is 2.74. The van der Waals surface area contributed by atoms with E-state index >= 15 is 0 Å². The second-order valence-corrected chi connectivity index (χ2v) is 5.17. The van der Waals surface area contributed by atoms with E-state index in [1.54, 1.807) is 6.08 Å². The second-order valence-electron chi connectivity index (χ2n) is 5.17. The predicted molar refractivity (Wildman–Crippen MR) is 80.3 cm³/mol. The number of carboxylic acids is 1. The largest absolute Gasteiger partial charge is 0.477 e. The van der Waals surface area contributed by atoms with E-state index < -0.39 is 5.97 Å². The summed E-state index contributed by atoms with van der Waals surface area (Å²) in [6.07, 6.45) is 2.68. The van der Waals surface area contributed by atoms with Crippen molar-refractivity contribution in [2.75, 3.05) is 5.32 Å². The van der Waals surface area contributed by atoms with Gasteiger partial charge in [-0.25, -0.2) is 9.48 Å². The van der Waals surface area contributed by atoms with E-state index in [-0.39, 0.29) is 11.7 Å². The molecule has 2 N–H and O–H groups in total. The smallest absolute Gasteiger partial charge is 0.352 e. The van der Waals surface area contributed by atoms with Crippen LogP contribution in [0.1, 0.15) is 29.8 Å². The quantitative estimate of drug-likeness (QED) is 0.909. The van der Waals surface area contributed by atoms with Crippen LogP contribution in [0.3, 0.4) is 0 Å². The van der Waals surface area contributed by atoms with Gasteiger partial charge in [-0.2, -0.15) is 5.10 Å². The Morgan fingerprint density at radius 1 is 1.38 bits per heavy atom. The Kier molecular flexibility index (Phi) is 3.25. The van der Waals surface area contributed by atoms with Gasteiger partial charge in [-0.05, 0) is 30.5 Å². The lowest BCUT2D eigenvalue weighted by atomic mass is 10.0. The maximum Gasteiger partial charge on any atom is 0.352 e. The average molecular weight is 283 g/mol. The zero-order chi connectivity index (χ0) is 15.0. The van der Waals surface area contributed by atoms with Crippen molar-refractivity contribution >= 4 is 11.8 Å². The standard InChI is InChI=1S/C16H17N3O2/c1-3-11-4-6-12(7-5-11)14-9-13(16(20)21)17-15-8-10(2)18-19(14)15/h4-9,14,17H,3H2,1-2H3,(H,20,21). The Morgan fingerprint density at radius 2 is 2.10 bits per heavy atom. The number of nitrogens with one attached hydrogen (secondary N) is 1. The molecule has 5 nitrogen and oxygen atoms in total. The molecule has 3 rings (SSSR count). The first kappa shape index (κ1) is 13.4. The highest BCUT2D eigenvalue weighted by molar-refractivity contribution is 5.90. The molecule has 0 spiro atoms. The number of allylic oxidation sites excluding steroid dienone is 1. The lowest BCUT2D eigenvalue weighted by Gasteiger charge is -2.23. The van der Waals surface area contributed by atoms with Gasteiger partial charge in [-0.3, -0.25) is 0 Å². The van der Waals surface area contributed by atoms with Crippen LogP contribution in [0.4, 0.5) is 5.82 Å². The van der Waals surface area contributed by atoms with Gasteiger partial charge >= 0.3 is 5.97 Å². The van der Waals surface area contributed by atoms with Crippen LogP contribution in [0.25, 0.3) is 0 Å². The van der Waals surface area contributed by atoms with E-state index in [0.29, 0.717) is 5.82 Å². The number of aliphatic carboxylic acids is 1. The minimum Gasteiger partial charge on any atom is -0.477 e. The molecule has 0 radical (unpaired) electrons. The Bertz CT molecular complexity index is 714. The van der Waals surface area contributed by atoms with Crippen LogP contribution in [0.5, 0.6) is 0 Å². The number of rotatable bonds is 3. The van der Waals surface area contributed by atoms with Gasteiger partial charge in [0.2, 0.25) is 0 Å². The lowest BCUT2D eigenvalue weighted by molar-refractivity contribution is -0.132. The molecule has 2 heterocycles. The molecule has 0 aliphatic carbocycles. The van der Waals surface area contributed by atoms with Gasteiger partial charge in [0.25, 0.3) is 0 Å². The summed E-state index contributed by atoms with van der Waals surface area (Å²) < 4.78 is 1.82. The molecule has 0 saturated heterocycles. The molecular weight excluding hydrogens is 266 g/mol. The van der Waals surface area contributed by atoms with Crippen LogP contribution < -0.4 is 5.32 Å². The molecule has 1 aliphatic rings. The van der Waals surface area contributed by atoms with Crippen molar-refractivity contribution in [3.63, 3.8) is 0 Å². The molecule has 1 unspecified atom stereocenters. The molecule has 108 valence electrons. The maximum absolute atomic E-state index is 11.3. The minimum atomic E-state index is -0.963. The van der Waals surface area contributed by atoms with Crippen LogP contribution in [0.15, 0.2) is 42.1 Å². The van der Waals surface area contributed by atoms with E-state index in [4.69, 9.17) is 0 Å². The highest BCUT2D eigenvalue weighted by Gasteiger charge is 2.25. The van der Waals surface area contributed by atoms with E-state index in [2.05, 4.69) is 29.5 Å². The summed E-state index contributed by atoms with van der Waals surface area (Å²) in [5.74, 6) is -0.257. The van der Waals surface area contributed by atoms with Gasteiger partial charge in [-0.15, -0.1) is 0 Å². The molecule has 2 aromatic rings. The van der Waals surface area contributed by atoms with Crippen molar-refractivity contribution in [2.45, 2.75) is 26.3 Å². The van der Waals surface area contributed by atoms with Gasteiger partial charge in [0.1, 0.15) is 11.5 Å². The second kappa shape index (κ2) is 5.09. The molecule has 1 atom stereocenters. The topological polar surface area (TPSA) is 67.2 Å². The van der Waals surface area contributed by atoms with Crippen LogP contribution in [0.2, 0.25) is 0 Å². The van der Waals surface area contributed by atoms with Crippen molar-refractivity contribution in [1.29, 1.82) is 0 Å². The average Bonchev–Trinajstić information content (AvgIpc) is 2.86. The van der Waals surface area contributed by atoms with E-state index in [1.165, 1.54) is 5.56 Å². The molecule has 0 saturated carbocycles. The van der Waals surface area contributed by atoms with E-state index in [0.717, 1.165) is 17.7 Å². The number of fused-ring (bicyclic) bond motifs is 1. The van der Waals surface area contributed by atoms with Crippen molar-refractivity contribution in [3.05, 3.63) is 58.9 Å². The van der Waals surface area contributed by atoms with Crippen LogP contribution in [0, 0.1) is 6.92 Å². The van der Waals surface area contributed by atoms with Crippen molar-refractivity contribution in [2.24, 2.45) is 0 Å². The van der Waals surface area contributed by atoms with Crippen molar-refractivity contribution in [1.82, 2.24) is 9.78 Å². The van der Waals surface area contributed by atoms with Crippen LogP contribution in [-0.2, 0) is 11.2 Å². The fourth-order valence-electron chi connectivity index (χ4n) is 2.54. The number of aromatic nitrogens is 2. The number of benzene rings is 1. The SMILES string of the molecule is CCc1ccc(C2C=C(C(=O)O)Nc3cc(C)nn32)cc1. The van der Waals surface area contributed by atoms with Gasteiger partial charge in [-0.1, -0.05) is 31.2 Å². The zero-order valence-electron chi connectivity index (χ0n) is 12.0. The Labute approximate surface area is 122 Å². The highest BCUT2D eigenvalue weighted by atomic mass is 16.4. The third-order valence-electron chi connectivity index (χ3n) is 3.67. The van der Waals surface area contributed by atoms with Gasteiger partial charge < -0.3 is 10.4 Å². The number of nitrogens with zero attached hydrogens (tertiary/aromatic N) is 2. The van der Waals surface area contributed by atoms with Crippen molar-refractivity contribution in [3.8, 4) is 0 Å². The number of anilines is 1. The molecule has 1 aromatic carbocycles. The third kappa shape index (κ3) is 2.42. The van der Waals surface area contributed by atoms with E-state index in [1.807, 2.05) is 29.8 Å². The van der Waals surface area contributed by atoms with Gasteiger partial charge in [0.05, 0.1) is 11.7 Å². The van der Waals surface area contributed by atoms with Crippen molar-refractivity contribution < 1.29 is 9.90 Å². The Morgan fingerprint density at radius 3 is 2.71 bits per heavy atom. The van der Waals surface area contributed by atoms with Crippen LogP contribution >= 0.6 is 0 Å². The fraction of sp³-hybridized carbons (Fsp3) is 0.250. The van der Waals surface area contributed by atoms with Gasteiger partial charge in [0.15, 0.2) is 0 Å². The summed E-state index contributed by atoms with van der Waals surface area (Å²) in [6.45, 7) is 4.00. The normalized spacial score (nSPS) is 16.9. The monoisotopic (exact) mass is 283 g/mol. The fourth-order valence-corrected chi connectivity index (χ4v) is 2.54. The number of carbonyl (C=O) groups is 1. The van der Waals surface area contributed by atoms with Gasteiger partial charge in [0, 0.05) is 6.07 Å². The number of aryl methyl sites for hydroxylation is 2. The highest BCUT2D eigenvalue weighted by Crippen LogP contribution is 2.30.